The van der Waals surface area contributed by atoms with Crippen LogP contribution in [0.4, 0.5) is 19.1 Å². The third-order valence-corrected chi connectivity index (χ3v) is 7.83. The lowest BCUT2D eigenvalue weighted by Gasteiger charge is -2.33. The number of nitrogens with two attached hydrogens (primary N) is 1. The van der Waals surface area contributed by atoms with Crippen LogP contribution in [0.15, 0.2) is 6.33 Å². The Bertz CT molecular complexity index is 947. The van der Waals surface area contributed by atoms with Gasteiger partial charge in [-0.2, -0.15) is 23.1 Å². The van der Waals surface area contributed by atoms with E-state index in [0.29, 0.717) is 5.65 Å². The maximum Gasteiger partial charge on any atom is 0.394 e. The lowest BCUT2D eigenvalue weighted by molar-refractivity contribution is -0.224. The van der Waals surface area contributed by atoms with E-state index >= 15 is 0 Å². The Morgan fingerprint density at radius 2 is 2.00 bits per heavy atom. The molecule has 0 bridgehead atoms. The quantitative estimate of drug-likeness (QED) is 0.428. The Morgan fingerprint density at radius 1 is 1.33 bits per heavy atom. The molecule has 2 N–H and O–H groups in total. The van der Waals surface area contributed by atoms with Crippen molar-refractivity contribution in [1.82, 2.24) is 19.5 Å². The molecular weight excluding hydrogens is 446 g/mol. The van der Waals surface area contributed by atoms with Crippen LogP contribution in [-0.4, -0.2) is 45.1 Å². The van der Waals surface area contributed by atoms with Gasteiger partial charge in [0.15, 0.2) is 10.8 Å². The van der Waals surface area contributed by atoms with Crippen molar-refractivity contribution in [3.05, 3.63) is 11.5 Å². The second-order valence-electron chi connectivity index (χ2n) is 7.29. The summed E-state index contributed by atoms with van der Waals surface area (Å²) >= 11 is 6.02. The fourth-order valence-electron chi connectivity index (χ4n) is 4.04. The Hall–Kier alpha value is -1.42. The molecule has 1 saturated carbocycles. The molecule has 1 aliphatic rings. The van der Waals surface area contributed by atoms with Gasteiger partial charge in [-0.15, -0.1) is 0 Å². The van der Waals surface area contributed by atoms with E-state index in [-0.39, 0.29) is 61.7 Å². The monoisotopic (exact) mass is 469 g/mol. The fourth-order valence-corrected chi connectivity index (χ4v) is 6.08. The highest BCUT2D eigenvalue weighted by molar-refractivity contribution is 7.53. The normalized spacial score (nSPS) is 22.8. The molecule has 0 radical (unpaired) electrons. The number of rotatable bonds is 8. The van der Waals surface area contributed by atoms with Gasteiger partial charge in [0, 0.05) is 6.04 Å². The van der Waals surface area contributed by atoms with E-state index in [2.05, 4.69) is 15.0 Å². The SMILES string of the molecule is CCOP(=O)(CC[C@]1(C(F)(F)F)CC[C@H](n2cnc3c(Cl)nc(N)nc32)C1)OCC. The molecule has 30 heavy (non-hydrogen) atoms. The fraction of sp³-hybridized carbons (Fsp3) is 0.706. The zero-order valence-corrected chi connectivity index (χ0v) is 18.3. The number of hydrogen-bond acceptors (Lipinski definition) is 7. The number of alkyl halides is 3. The molecule has 1 fully saturated rings. The van der Waals surface area contributed by atoms with Crippen LogP contribution in [0.25, 0.3) is 11.2 Å². The minimum Gasteiger partial charge on any atom is -0.368 e. The van der Waals surface area contributed by atoms with Crippen molar-refractivity contribution in [3.63, 3.8) is 0 Å². The Kier molecular flexibility index (Phi) is 6.67. The average Bonchev–Trinajstić information content (AvgIpc) is 3.25. The van der Waals surface area contributed by atoms with Crippen LogP contribution in [0.3, 0.4) is 0 Å². The molecule has 2 heterocycles. The zero-order valence-electron chi connectivity index (χ0n) is 16.7. The molecule has 0 saturated heterocycles. The van der Waals surface area contributed by atoms with E-state index in [1.54, 1.807) is 18.4 Å². The third kappa shape index (κ3) is 4.44. The maximum absolute atomic E-state index is 14.2. The van der Waals surface area contributed by atoms with Crippen LogP contribution >= 0.6 is 19.2 Å². The first-order chi connectivity index (χ1) is 14.0. The van der Waals surface area contributed by atoms with E-state index in [0.717, 1.165) is 0 Å². The summed E-state index contributed by atoms with van der Waals surface area (Å²) in [5.74, 6) is -0.0799. The van der Waals surface area contributed by atoms with Crippen molar-refractivity contribution in [2.45, 2.75) is 51.7 Å². The highest BCUT2D eigenvalue weighted by atomic mass is 35.5. The number of imidazole rings is 1. The molecule has 0 spiro atoms. The number of fused-ring (bicyclic) bond motifs is 1. The molecule has 2 atom stereocenters. The van der Waals surface area contributed by atoms with Crippen LogP contribution < -0.4 is 5.73 Å². The third-order valence-electron chi connectivity index (χ3n) is 5.49. The first-order valence-electron chi connectivity index (χ1n) is 9.64. The molecule has 0 unspecified atom stereocenters. The van der Waals surface area contributed by atoms with E-state index in [4.69, 9.17) is 26.4 Å². The van der Waals surface area contributed by atoms with Crippen molar-refractivity contribution >= 4 is 36.3 Å². The number of halogens is 4. The molecule has 0 aliphatic heterocycles. The molecule has 168 valence electrons. The standard InChI is InChI=1S/C17H24ClF3N5O3P/c1-3-28-30(27,29-4-2)8-7-16(17(19,20)21)6-5-11(9-16)26-10-23-12-13(18)24-15(22)25-14(12)26/h10-11H,3-9H2,1-2H3,(H2,22,24,25)/t11-,16+/m0/s1. The lowest BCUT2D eigenvalue weighted by Crippen LogP contribution is -2.37. The highest BCUT2D eigenvalue weighted by Gasteiger charge is 2.58. The Labute approximate surface area is 176 Å². The van der Waals surface area contributed by atoms with Gasteiger partial charge in [0.1, 0.15) is 5.52 Å². The Morgan fingerprint density at radius 3 is 2.60 bits per heavy atom. The number of nitrogens with zero attached hydrogens (tertiary/aromatic N) is 4. The van der Waals surface area contributed by atoms with Gasteiger partial charge >= 0.3 is 13.8 Å². The van der Waals surface area contributed by atoms with Crippen LogP contribution in [0.1, 0.15) is 45.6 Å². The van der Waals surface area contributed by atoms with Gasteiger partial charge in [0.05, 0.1) is 31.1 Å². The maximum atomic E-state index is 14.2. The first-order valence-corrected chi connectivity index (χ1v) is 11.7. The summed E-state index contributed by atoms with van der Waals surface area (Å²) in [6.07, 6.45) is -3.80. The second kappa shape index (κ2) is 8.61. The summed E-state index contributed by atoms with van der Waals surface area (Å²) in [4.78, 5) is 12.1. The number of anilines is 1. The molecule has 0 aromatic carbocycles. The summed E-state index contributed by atoms with van der Waals surface area (Å²) in [5, 5.41) is 0.0469. The van der Waals surface area contributed by atoms with Crippen LogP contribution in [-0.2, 0) is 13.6 Å². The summed E-state index contributed by atoms with van der Waals surface area (Å²) in [6.45, 7) is 3.45. The van der Waals surface area contributed by atoms with Crippen LogP contribution in [0.2, 0.25) is 5.15 Å². The van der Waals surface area contributed by atoms with Gasteiger partial charge in [-0.1, -0.05) is 11.6 Å². The summed E-state index contributed by atoms with van der Waals surface area (Å²) in [7, 11) is -3.59. The van der Waals surface area contributed by atoms with Gasteiger partial charge in [-0.3, -0.25) is 4.57 Å². The summed E-state index contributed by atoms with van der Waals surface area (Å²) in [6, 6.07) is -0.513. The second-order valence-corrected chi connectivity index (χ2v) is 9.83. The highest BCUT2D eigenvalue weighted by Crippen LogP contribution is 2.60. The molecule has 1 aliphatic carbocycles. The van der Waals surface area contributed by atoms with Gasteiger partial charge in [-0.25, -0.2) is 4.98 Å². The topological polar surface area (TPSA) is 105 Å². The van der Waals surface area contributed by atoms with Crippen molar-refractivity contribution in [2.75, 3.05) is 25.1 Å². The van der Waals surface area contributed by atoms with Gasteiger partial charge in [0.2, 0.25) is 5.95 Å². The smallest absolute Gasteiger partial charge is 0.368 e. The number of hydrogen-bond donors (Lipinski definition) is 1. The molecule has 0 amide bonds. The van der Waals surface area contributed by atoms with Crippen molar-refractivity contribution < 1.29 is 26.8 Å². The van der Waals surface area contributed by atoms with Crippen LogP contribution in [0.5, 0.6) is 0 Å². The largest absolute Gasteiger partial charge is 0.394 e. The predicted molar refractivity (Wildman–Crippen MR) is 106 cm³/mol. The van der Waals surface area contributed by atoms with E-state index < -0.39 is 25.2 Å². The minimum absolute atomic E-state index is 0.0469. The summed E-state index contributed by atoms with van der Waals surface area (Å²) in [5.41, 5.74) is 4.21. The molecule has 13 heteroatoms. The number of nitrogen functional groups attached to an aromatic ring is 1. The first kappa shape index (κ1) is 23.2. The van der Waals surface area contributed by atoms with Gasteiger partial charge in [0.25, 0.3) is 0 Å². The molecule has 2 aromatic heterocycles. The molecule has 8 nitrogen and oxygen atoms in total. The molecular formula is C17H24ClF3N5O3P. The van der Waals surface area contributed by atoms with Crippen molar-refractivity contribution in [3.8, 4) is 0 Å². The lowest BCUT2D eigenvalue weighted by atomic mass is 9.82. The van der Waals surface area contributed by atoms with E-state index in [1.807, 2.05) is 0 Å². The summed E-state index contributed by atoms with van der Waals surface area (Å²) < 4.78 is 67.1. The van der Waals surface area contributed by atoms with Crippen molar-refractivity contribution in [1.29, 1.82) is 0 Å². The van der Waals surface area contributed by atoms with Gasteiger partial charge < -0.3 is 19.3 Å². The predicted octanol–water partition coefficient (Wildman–Crippen LogP) is 4.99. The zero-order chi connectivity index (χ0) is 22.2. The Balaban J connectivity index is 1.88. The minimum atomic E-state index is -4.48. The van der Waals surface area contributed by atoms with Crippen LogP contribution in [0, 0.1) is 5.41 Å². The molecule has 3 rings (SSSR count). The number of aromatic nitrogens is 4. The van der Waals surface area contributed by atoms with E-state index in [1.165, 1.54) is 6.33 Å². The average molecular weight is 470 g/mol. The van der Waals surface area contributed by atoms with E-state index in [9.17, 15) is 17.7 Å². The molecule has 2 aromatic rings. The van der Waals surface area contributed by atoms with Crippen molar-refractivity contribution in [2.24, 2.45) is 5.41 Å². The van der Waals surface area contributed by atoms with Gasteiger partial charge in [-0.05, 0) is 39.5 Å².